The minimum absolute atomic E-state index is 0.309. The summed E-state index contributed by atoms with van der Waals surface area (Å²) in [5.74, 6) is 1.55. The molecule has 1 aromatic rings. The van der Waals surface area contributed by atoms with Gasteiger partial charge in [-0.15, -0.1) is 0 Å². The van der Waals surface area contributed by atoms with Crippen molar-refractivity contribution in [2.24, 2.45) is 5.92 Å². The third-order valence-corrected chi connectivity index (χ3v) is 4.15. The van der Waals surface area contributed by atoms with Gasteiger partial charge in [-0.05, 0) is 38.8 Å². The first-order chi connectivity index (χ1) is 8.97. The Balaban J connectivity index is 1.91. The number of hydrogen-bond acceptors (Lipinski definition) is 4. The van der Waals surface area contributed by atoms with E-state index < -0.39 is 0 Å². The summed E-state index contributed by atoms with van der Waals surface area (Å²) in [7, 11) is 0. The molecule has 1 fully saturated rings. The van der Waals surface area contributed by atoms with Gasteiger partial charge < -0.3 is 16.0 Å². The van der Waals surface area contributed by atoms with Gasteiger partial charge in [0.1, 0.15) is 11.6 Å². The molecular formula is C13H20Cl2N4. The van der Waals surface area contributed by atoms with Crippen molar-refractivity contribution in [3.63, 3.8) is 0 Å². The lowest BCUT2D eigenvalue weighted by Crippen LogP contribution is -2.29. The van der Waals surface area contributed by atoms with Crippen molar-refractivity contribution in [3.05, 3.63) is 16.1 Å². The lowest BCUT2D eigenvalue weighted by Gasteiger charge is -2.20. The standard InChI is InChI=1S/C13H20Cl2N4/c1-8(2)19-4-3-9(7-19)6-17-13-11(15)5-10(14)12(16)18-13/h5,8-9H,3-4,6-7H2,1-2H3,(H3,16,17,18). The molecule has 6 heteroatoms. The van der Waals surface area contributed by atoms with Crippen LogP contribution in [0.2, 0.25) is 10.0 Å². The summed E-state index contributed by atoms with van der Waals surface area (Å²) in [6, 6.07) is 2.24. The first-order valence-corrected chi connectivity index (χ1v) is 7.32. The predicted octanol–water partition coefficient (Wildman–Crippen LogP) is 3.11. The highest BCUT2D eigenvalue weighted by Gasteiger charge is 2.24. The van der Waals surface area contributed by atoms with Gasteiger partial charge in [0, 0.05) is 19.1 Å². The average molecular weight is 303 g/mol. The van der Waals surface area contributed by atoms with E-state index >= 15 is 0 Å². The van der Waals surface area contributed by atoms with Gasteiger partial charge in [-0.3, -0.25) is 0 Å². The fourth-order valence-electron chi connectivity index (χ4n) is 2.34. The number of pyridine rings is 1. The molecule has 0 amide bonds. The molecule has 0 bridgehead atoms. The molecule has 0 spiro atoms. The number of anilines is 2. The minimum Gasteiger partial charge on any atom is -0.382 e. The SMILES string of the molecule is CC(C)N1CCC(CNc2nc(N)c(Cl)cc2Cl)C1. The summed E-state index contributed by atoms with van der Waals surface area (Å²) in [5.41, 5.74) is 5.69. The Morgan fingerprint density at radius 2 is 2.21 bits per heavy atom. The lowest BCUT2D eigenvalue weighted by atomic mass is 10.1. The molecule has 0 aromatic carbocycles. The van der Waals surface area contributed by atoms with Gasteiger partial charge in [0.2, 0.25) is 0 Å². The summed E-state index contributed by atoms with van der Waals surface area (Å²) < 4.78 is 0. The Labute approximate surface area is 124 Å². The number of nitrogens with two attached hydrogens (primary N) is 1. The molecule has 0 saturated carbocycles. The highest BCUT2D eigenvalue weighted by atomic mass is 35.5. The van der Waals surface area contributed by atoms with Crippen LogP contribution in [0.5, 0.6) is 0 Å². The van der Waals surface area contributed by atoms with Gasteiger partial charge in [-0.25, -0.2) is 4.98 Å². The van der Waals surface area contributed by atoms with E-state index in [4.69, 9.17) is 28.9 Å². The molecule has 3 N–H and O–H groups in total. The molecule has 2 rings (SSSR count). The molecule has 1 aromatic heterocycles. The summed E-state index contributed by atoms with van der Waals surface area (Å²) in [6.07, 6.45) is 1.20. The van der Waals surface area contributed by atoms with Gasteiger partial charge in [-0.2, -0.15) is 0 Å². The maximum atomic E-state index is 6.09. The molecular weight excluding hydrogens is 283 g/mol. The van der Waals surface area contributed by atoms with Gasteiger partial charge in [0.25, 0.3) is 0 Å². The Hall–Kier alpha value is -0.710. The van der Waals surface area contributed by atoms with Crippen molar-refractivity contribution in [1.82, 2.24) is 9.88 Å². The monoisotopic (exact) mass is 302 g/mol. The molecule has 1 unspecified atom stereocenters. The Morgan fingerprint density at radius 3 is 2.84 bits per heavy atom. The quantitative estimate of drug-likeness (QED) is 0.897. The molecule has 19 heavy (non-hydrogen) atoms. The van der Waals surface area contributed by atoms with Crippen LogP contribution in [0.3, 0.4) is 0 Å². The van der Waals surface area contributed by atoms with E-state index in [-0.39, 0.29) is 0 Å². The van der Waals surface area contributed by atoms with Gasteiger partial charge >= 0.3 is 0 Å². The van der Waals surface area contributed by atoms with Crippen LogP contribution in [-0.4, -0.2) is 35.6 Å². The summed E-state index contributed by atoms with van der Waals surface area (Å²) >= 11 is 12.0. The molecule has 2 heterocycles. The number of nitrogens with zero attached hydrogens (tertiary/aromatic N) is 2. The van der Waals surface area contributed by atoms with Crippen molar-refractivity contribution in [3.8, 4) is 0 Å². The van der Waals surface area contributed by atoms with E-state index in [2.05, 4.69) is 29.0 Å². The van der Waals surface area contributed by atoms with Crippen molar-refractivity contribution >= 4 is 34.8 Å². The second-order valence-electron chi connectivity index (χ2n) is 5.31. The van der Waals surface area contributed by atoms with E-state index in [0.29, 0.717) is 33.6 Å². The maximum Gasteiger partial charge on any atom is 0.147 e. The Kier molecular flexibility index (Phi) is 4.76. The number of nitrogen functional groups attached to an aromatic ring is 1. The molecule has 0 radical (unpaired) electrons. The van der Waals surface area contributed by atoms with E-state index in [1.807, 2.05) is 0 Å². The van der Waals surface area contributed by atoms with E-state index in [0.717, 1.165) is 19.6 Å². The predicted molar refractivity (Wildman–Crippen MR) is 82.0 cm³/mol. The van der Waals surface area contributed by atoms with Crippen LogP contribution < -0.4 is 11.1 Å². The minimum atomic E-state index is 0.309. The van der Waals surface area contributed by atoms with Crippen LogP contribution in [0.15, 0.2) is 6.07 Å². The fraction of sp³-hybridized carbons (Fsp3) is 0.615. The van der Waals surface area contributed by atoms with Crippen LogP contribution in [-0.2, 0) is 0 Å². The highest BCUT2D eigenvalue weighted by Crippen LogP contribution is 2.28. The summed E-state index contributed by atoms with van der Waals surface area (Å²) in [4.78, 5) is 6.66. The van der Waals surface area contributed by atoms with Crippen molar-refractivity contribution in [2.45, 2.75) is 26.3 Å². The average Bonchev–Trinajstić information content (AvgIpc) is 2.81. The first-order valence-electron chi connectivity index (χ1n) is 6.56. The number of halogens is 2. The first kappa shape index (κ1) is 14.7. The molecule has 1 saturated heterocycles. The number of aromatic nitrogens is 1. The number of likely N-dealkylation sites (tertiary alicyclic amines) is 1. The van der Waals surface area contributed by atoms with E-state index in [9.17, 15) is 0 Å². The largest absolute Gasteiger partial charge is 0.382 e. The van der Waals surface area contributed by atoms with Crippen molar-refractivity contribution in [2.75, 3.05) is 30.7 Å². The van der Waals surface area contributed by atoms with Gasteiger partial charge in [-0.1, -0.05) is 23.2 Å². The van der Waals surface area contributed by atoms with Crippen LogP contribution >= 0.6 is 23.2 Å². The van der Waals surface area contributed by atoms with Crippen LogP contribution in [0, 0.1) is 5.92 Å². The lowest BCUT2D eigenvalue weighted by molar-refractivity contribution is 0.266. The smallest absolute Gasteiger partial charge is 0.147 e. The zero-order valence-electron chi connectivity index (χ0n) is 11.3. The topological polar surface area (TPSA) is 54.2 Å². The van der Waals surface area contributed by atoms with Crippen molar-refractivity contribution < 1.29 is 0 Å². The molecule has 106 valence electrons. The Morgan fingerprint density at radius 1 is 1.47 bits per heavy atom. The zero-order chi connectivity index (χ0) is 14.0. The van der Waals surface area contributed by atoms with E-state index in [1.165, 1.54) is 6.42 Å². The van der Waals surface area contributed by atoms with Gasteiger partial charge in [0.15, 0.2) is 0 Å². The maximum absolute atomic E-state index is 6.09. The van der Waals surface area contributed by atoms with Gasteiger partial charge in [0.05, 0.1) is 10.0 Å². The number of rotatable bonds is 4. The molecule has 4 nitrogen and oxygen atoms in total. The fourth-order valence-corrected chi connectivity index (χ4v) is 2.77. The van der Waals surface area contributed by atoms with E-state index in [1.54, 1.807) is 6.07 Å². The Bertz CT molecular complexity index is 451. The normalized spacial score (nSPS) is 20.2. The molecule has 1 aliphatic rings. The van der Waals surface area contributed by atoms with Crippen LogP contribution in [0.4, 0.5) is 11.6 Å². The zero-order valence-corrected chi connectivity index (χ0v) is 12.8. The summed E-state index contributed by atoms with van der Waals surface area (Å²) in [5, 5.41) is 4.18. The second kappa shape index (κ2) is 6.16. The number of nitrogens with one attached hydrogen (secondary N) is 1. The summed E-state index contributed by atoms with van der Waals surface area (Å²) in [6.45, 7) is 7.60. The highest BCUT2D eigenvalue weighted by molar-refractivity contribution is 6.37. The third kappa shape index (κ3) is 3.65. The van der Waals surface area contributed by atoms with Crippen LogP contribution in [0.1, 0.15) is 20.3 Å². The van der Waals surface area contributed by atoms with Crippen LogP contribution in [0.25, 0.3) is 0 Å². The number of hydrogen-bond donors (Lipinski definition) is 2. The third-order valence-electron chi connectivity index (χ3n) is 3.56. The second-order valence-corrected chi connectivity index (χ2v) is 6.12. The molecule has 1 atom stereocenters. The molecule has 1 aliphatic heterocycles. The van der Waals surface area contributed by atoms with Crippen molar-refractivity contribution in [1.29, 1.82) is 0 Å². The molecule has 0 aliphatic carbocycles.